The van der Waals surface area contributed by atoms with E-state index in [0.29, 0.717) is 6.61 Å². The summed E-state index contributed by atoms with van der Waals surface area (Å²) >= 11 is 0. The minimum atomic E-state index is -0.568. The van der Waals surface area contributed by atoms with Crippen LogP contribution in [0.25, 0.3) is 0 Å². The Kier molecular flexibility index (Phi) is 4.93. The maximum Gasteiger partial charge on any atom is 0.242 e. The summed E-state index contributed by atoms with van der Waals surface area (Å²) in [4.78, 5) is 14.0. The van der Waals surface area contributed by atoms with Gasteiger partial charge in [0.25, 0.3) is 0 Å². The topological polar surface area (TPSA) is 55.6 Å². The lowest BCUT2D eigenvalue weighted by molar-refractivity contribution is -0.135. The molecule has 1 saturated heterocycles. The van der Waals surface area contributed by atoms with Crippen LogP contribution >= 0.6 is 0 Å². The molecule has 0 bridgehead atoms. The summed E-state index contributed by atoms with van der Waals surface area (Å²) in [7, 11) is 0. The van der Waals surface area contributed by atoms with Crippen LogP contribution in [0.15, 0.2) is 30.3 Å². The second-order valence-corrected chi connectivity index (χ2v) is 5.06. The third kappa shape index (κ3) is 3.78. The van der Waals surface area contributed by atoms with E-state index < -0.39 is 6.04 Å². The van der Waals surface area contributed by atoms with E-state index in [9.17, 15) is 4.79 Å². The maximum absolute atomic E-state index is 12.1. The minimum absolute atomic E-state index is 0.0121. The molecule has 104 valence electrons. The lowest BCUT2D eigenvalue weighted by Crippen LogP contribution is -2.49. The highest BCUT2D eigenvalue weighted by Gasteiger charge is 2.28. The normalized spacial score (nSPS) is 18.3. The Morgan fingerprint density at radius 1 is 1.32 bits per heavy atom. The fourth-order valence-electron chi connectivity index (χ4n) is 2.25. The monoisotopic (exact) mass is 262 g/mol. The number of benzene rings is 1. The van der Waals surface area contributed by atoms with Crippen LogP contribution in [0, 0.1) is 0 Å². The van der Waals surface area contributed by atoms with E-state index in [1.807, 2.05) is 42.2 Å². The van der Waals surface area contributed by atoms with Crippen molar-refractivity contribution in [3.8, 4) is 0 Å². The lowest BCUT2D eigenvalue weighted by Gasteiger charge is -2.24. The van der Waals surface area contributed by atoms with Gasteiger partial charge in [-0.15, -0.1) is 0 Å². The quantitative estimate of drug-likeness (QED) is 0.875. The molecule has 4 heteroatoms. The van der Waals surface area contributed by atoms with E-state index in [2.05, 4.69) is 0 Å². The molecule has 0 saturated carbocycles. The summed E-state index contributed by atoms with van der Waals surface area (Å²) in [6, 6.07) is 9.34. The molecule has 2 N–H and O–H groups in total. The molecule has 1 aliphatic rings. The lowest BCUT2D eigenvalue weighted by atomic mass is 10.1. The average Bonchev–Trinajstić information content (AvgIpc) is 2.98. The molecule has 0 aromatic heterocycles. The highest BCUT2D eigenvalue weighted by molar-refractivity contribution is 5.82. The number of carbonyl (C=O) groups is 1. The number of amides is 1. The highest BCUT2D eigenvalue weighted by Crippen LogP contribution is 2.12. The first-order valence-electron chi connectivity index (χ1n) is 6.88. The van der Waals surface area contributed by atoms with Crippen LogP contribution in [-0.2, 0) is 16.1 Å². The minimum Gasteiger partial charge on any atom is -0.372 e. The van der Waals surface area contributed by atoms with Gasteiger partial charge < -0.3 is 15.4 Å². The molecular weight excluding hydrogens is 240 g/mol. The molecule has 0 spiro atoms. The SMILES string of the molecule is C[C@@H](OCc1ccccc1)C(N)C(=O)N1CCCC1. The van der Waals surface area contributed by atoms with Gasteiger partial charge in [-0.25, -0.2) is 0 Å². The number of carbonyl (C=O) groups excluding carboxylic acids is 1. The van der Waals surface area contributed by atoms with E-state index in [1.165, 1.54) is 0 Å². The van der Waals surface area contributed by atoms with Crippen LogP contribution in [0.2, 0.25) is 0 Å². The van der Waals surface area contributed by atoms with Gasteiger partial charge in [-0.05, 0) is 25.3 Å². The number of rotatable bonds is 5. The van der Waals surface area contributed by atoms with Gasteiger partial charge >= 0.3 is 0 Å². The second kappa shape index (κ2) is 6.68. The first-order chi connectivity index (χ1) is 9.18. The molecule has 1 aromatic carbocycles. The van der Waals surface area contributed by atoms with Crippen molar-refractivity contribution in [1.82, 2.24) is 4.90 Å². The van der Waals surface area contributed by atoms with E-state index in [0.717, 1.165) is 31.5 Å². The summed E-state index contributed by atoms with van der Waals surface area (Å²) in [5, 5.41) is 0. The zero-order valence-corrected chi connectivity index (χ0v) is 11.4. The van der Waals surface area contributed by atoms with Crippen molar-refractivity contribution < 1.29 is 9.53 Å². The molecular formula is C15H22N2O2. The van der Waals surface area contributed by atoms with Crippen molar-refractivity contribution in [3.05, 3.63) is 35.9 Å². The number of nitrogens with zero attached hydrogens (tertiary/aromatic N) is 1. The van der Waals surface area contributed by atoms with E-state index >= 15 is 0 Å². The third-order valence-corrected chi connectivity index (χ3v) is 3.56. The van der Waals surface area contributed by atoms with E-state index in [4.69, 9.17) is 10.5 Å². The Bertz CT molecular complexity index is 402. The number of nitrogens with two attached hydrogens (primary N) is 1. The fraction of sp³-hybridized carbons (Fsp3) is 0.533. The van der Waals surface area contributed by atoms with Crippen molar-refractivity contribution in [1.29, 1.82) is 0 Å². The fourth-order valence-corrected chi connectivity index (χ4v) is 2.25. The first kappa shape index (κ1) is 14.0. The van der Waals surface area contributed by atoms with Crippen molar-refractivity contribution in [2.24, 2.45) is 5.73 Å². The molecule has 1 unspecified atom stereocenters. The molecule has 2 rings (SSSR count). The molecule has 1 fully saturated rings. The van der Waals surface area contributed by atoms with Crippen molar-refractivity contribution in [3.63, 3.8) is 0 Å². The van der Waals surface area contributed by atoms with E-state index in [1.54, 1.807) is 0 Å². The van der Waals surface area contributed by atoms with Gasteiger partial charge in [0.15, 0.2) is 0 Å². The number of likely N-dealkylation sites (tertiary alicyclic amines) is 1. The number of ether oxygens (including phenoxy) is 1. The van der Waals surface area contributed by atoms with Crippen LogP contribution in [0.3, 0.4) is 0 Å². The molecule has 1 aromatic rings. The molecule has 0 radical (unpaired) electrons. The standard InChI is InChI=1S/C15H22N2O2/c1-12(19-11-13-7-3-2-4-8-13)14(16)15(18)17-9-5-6-10-17/h2-4,7-8,12,14H,5-6,9-11,16H2,1H3/t12-,14?/m1/s1. The molecule has 2 atom stereocenters. The van der Waals surface area contributed by atoms with E-state index in [-0.39, 0.29) is 12.0 Å². The maximum atomic E-state index is 12.1. The van der Waals surface area contributed by atoms with Crippen LogP contribution in [-0.4, -0.2) is 36.0 Å². The molecule has 4 nitrogen and oxygen atoms in total. The molecule has 0 aliphatic carbocycles. The van der Waals surface area contributed by atoms with Gasteiger partial charge in [-0.3, -0.25) is 4.79 Å². The molecule has 1 heterocycles. The van der Waals surface area contributed by atoms with Gasteiger partial charge in [-0.1, -0.05) is 30.3 Å². The van der Waals surface area contributed by atoms with Crippen LogP contribution in [0.4, 0.5) is 0 Å². The van der Waals surface area contributed by atoms with Crippen molar-refractivity contribution in [2.75, 3.05) is 13.1 Å². The molecule has 1 aliphatic heterocycles. The van der Waals surface area contributed by atoms with Gasteiger partial charge in [0.05, 0.1) is 12.7 Å². The van der Waals surface area contributed by atoms with Crippen LogP contribution in [0.1, 0.15) is 25.3 Å². The Labute approximate surface area is 114 Å². The summed E-state index contributed by atoms with van der Waals surface area (Å²) in [5.41, 5.74) is 7.08. The summed E-state index contributed by atoms with van der Waals surface area (Å²) in [6.45, 7) is 4.01. The number of hydrogen-bond donors (Lipinski definition) is 1. The zero-order valence-electron chi connectivity index (χ0n) is 11.4. The first-order valence-corrected chi connectivity index (χ1v) is 6.88. The Balaban J connectivity index is 1.81. The van der Waals surface area contributed by atoms with Gasteiger partial charge in [0.1, 0.15) is 6.04 Å². The smallest absolute Gasteiger partial charge is 0.242 e. The van der Waals surface area contributed by atoms with Crippen molar-refractivity contribution >= 4 is 5.91 Å². The average molecular weight is 262 g/mol. The second-order valence-electron chi connectivity index (χ2n) is 5.06. The highest BCUT2D eigenvalue weighted by atomic mass is 16.5. The van der Waals surface area contributed by atoms with Crippen LogP contribution in [0.5, 0.6) is 0 Å². The zero-order chi connectivity index (χ0) is 13.7. The summed E-state index contributed by atoms with van der Waals surface area (Å²) in [6.07, 6.45) is 1.89. The Morgan fingerprint density at radius 2 is 1.95 bits per heavy atom. The van der Waals surface area contributed by atoms with Crippen molar-refractivity contribution in [2.45, 2.75) is 38.5 Å². The predicted molar refractivity (Wildman–Crippen MR) is 74.5 cm³/mol. The summed E-state index contributed by atoms with van der Waals surface area (Å²) in [5.74, 6) is 0.0121. The third-order valence-electron chi connectivity index (χ3n) is 3.56. The Hall–Kier alpha value is -1.39. The Morgan fingerprint density at radius 3 is 2.58 bits per heavy atom. The largest absolute Gasteiger partial charge is 0.372 e. The summed E-state index contributed by atoms with van der Waals surface area (Å²) < 4.78 is 5.70. The van der Waals surface area contributed by atoms with Gasteiger partial charge in [0.2, 0.25) is 5.91 Å². The molecule has 19 heavy (non-hydrogen) atoms. The molecule has 1 amide bonds. The predicted octanol–water partition coefficient (Wildman–Crippen LogP) is 1.54. The number of hydrogen-bond acceptors (Lipinski definition) is 3. The van der Waals surface area contributed by atoms with Gasteiger partial charge in [-0.2, -0.15) is 0 Å². The van der Waals surface area contributed by atoms with Gasteiger partial charge in [0, 0.05) is 13.1 Å². The van der Waals surface area contributed by atoms with Crippen LogP contribution < -0.4 is 5.73 Å².